The second-order valence-corrected chi connectivity index (χ2v) is 6.42. The molecule has 1 aromatic carbocycles. The van der Waals surface area contributed by atoms with Crippen LogP contribution in [0.1, 0.15) is 38.8 Å². The van der Waals surface area contributed by atoms with Gasteiger partial charge in [0.15, 0.2) is 0 Å². The van der Waals surface area contributed by atoms with Gasteiger partial charge in [0.25, 0.3) is 0 Å². The first kappa shape index (κ1) is 13.3. The lowest BCUT2D eigenvalue weighted by atomic mass is 9.98. The Morgan fingerprint density at radius 2 is 1.94 bits per heavy atom. The van der Waals surface area contributed by atoms with Gasteiger partial charge in [0, 0.05) is 9.97 Å². The van der Waals surface area contributed by atoms with Gasteiger partial charge in [-0.1, -0.05) is 52.9 Å². The zero-order valence-electron chi connectivity index (χ0n) is 10.7. The molecular formula is C14H20INO. The van der Waals surface area contributed by atoms with Gasteiger partial charge in [0.05, 0.1) is 12.1 Å². The smallest absolute Gasteiger partial charge is 0.0902 e. The largest absolute Gasteiger partial charge is 0.294 e. The number of nitrogens with zero attached hydrogens (tertiary/aromatic N) is 1. The van der Waals surface area contributed by atoms with Crippen LogP contribution in [0.25, 0.3) is 0 Å². The summed E-state index contributed by atoms with van der Waals surface area (Å²) in [6, 6.07) is 11.1. The molecule has 1 aromatic rings. The lowest BCUT2D eigenvalue weighted by Gasteiger charge is -2.35. The van der Waals surface area contributed by atoms with E-state index < -0.39 is 0 Å². The molecule has 2 atom stereocenters. The molecule has 3 heteroatoms. The first-order valence-electron chi connectivity index (χ1n) is 6.09. The molecule has 0 radical (unpaired) electrons. The van der Waals surface area contributed by atoms with Gasteiger partial charge in [-0.25, -0.2) is 0 Å². The van der Waals surface area contributed by atoms with E-state index in [0.29, 0.717) is 12.1 Å². The van der Waals surface area contributed by atoms with Crippen LogP contribution in [-0.2, 0) is 4.84 Å². The van der Waals surface area contributed by atoms with Crippen LogP contribution >= 0.6 is 22.6 Å². The van der Waals surface area contributed by atoms with E-state index in [1.54, 1.807) is 0 Å². The van der Waals surface area contributed by atoms with Gasteiger partial charge >= 0.3 is 0 Å². The minimum atomic E-state index is 0.0427. The van der Waals surface area contributed by atoms with Crippen LogP contribution in [0.2, 0.25) is 0 Å². The van der Waals surface area contributed by atoms with Crippen LogP contribution in [0.5, 0.6) is 0 Å². The average molecular weight is 345 g/mol. The van der Waals surface area contributed by atoms with Crippen LogP contribution in [-0.4, -0.2) is 21.1 Å². The van der Waals surface area contributed by atoms with Crippen molar-refractivity contribution in [3.05, 3.63) is 35.9 Å². The second kappa shape index (κ2) is 5.24. The summed E-state index contributed by atoms with van der Waals surface area (Å²) in [4.78, 5) is 6.07. The minimum absolute atomic E-state index is 0.0427. The molecule has 94 valence electrons. The third-order valence-electron chi connectivity index (χ3n) is 3.05. The molecule has 0 amide bonds. The lowest BCUT2D eigenvalue weighted by molar-refractivity contribution is -0.208. The molecule has 2 nitrogen and oxygen atoms in total. The Kier molecular flexibility index (Phi) is 4.10. The van der Waals surface area contributed by atoms with Crippen molar-refractivity contribution >= 4 is 22.6 Å². The van der Waals surface area contributed by atoms with Gasteiger partial charge in [0.1, 0.15) is 0 Å². The van der Waals surface area contributed by atoms with Crippen molar-refractivity contribution in [3.63, 3.8) is 0 Å². The molecule has 1 aliphatic rings. The number of hydrogen-bond donors (Lipinski definition) is 0. The van der Waals surface area contributed by atoms with Gasteiger partial charge < -0.3 is 0 Å². The van der Waals surface area contributed by atoms with Crippen molar-refractivity contribution < 1.29 is 4.84 Å². The summed E-state index contributed by atoms with van der Waals surface area (Å²) in [6.45, 7) is 6.62. The SMILES string of the molecule is CC(C)(C)N1O[C@@H](CI)C[C@H]1c1ccccc1. The molecule has 1 saturated heterocycles. The highest BCUT2D eigenvalue weighted by atomic mass is 127. The Morgan fingerprint density at radius 1 is 1.29 bits per heavy atom. The molecule has 0 aliphatic carbocycles. The van der Waals surface area contributed by atoms with Crippen LogP contribution in [0.4, 0.5) is 0 Å². The van der Waals surface area contributed by atoms with E-state index >= 15 is 0 Å². The molecule has 1 aliphatic heterocycles. The summed E-state index contributed by atoms with van der Waals surface area (Å²) >= 11 is 2.41. The molecule has 2 rings (SSSR count). The van der Waals surface area contributed by atoms with Crippen molar-refractivity contribution in [1.29, 1.82) is 0 Å². The second-order valence-electron chi connectivity index (χ2n) is 5.54. The van der Waals surface area contributed by atoms with Crippen LogP contribution < -0.4 is 0 Å². The fourth-order valence-corrected chi connectivity index (χ4v) is 2.81. The third kappa shape index (κ3) is 3.01. The molecule has 0 saturated carbocycles. The Labute approximate surface area is 117 Å². The first-order chi connectivity index (χ1) is 8.02. The number of halogens is 1. The Bertz CT molecular complexity index is 360. The third-order valence-corrected chi connectivity index (χ3v) is 4.03. The highest BCUT2D eigenvalue weighted by Gasteiger charge is 2.39. The zero-order chi connectivity index (χ0) is 12.5. The molecule has 1 fully saturated rings. The van der Waals surface area contributed by atoms with Crippen LogP contribution in [0.3, 0.4) is 0 Å². The van der Waals surface area contributed by atoms with Gasteiger partial charge in [0.2, 0.25) is 0 Å². The Balaban J connectivity index is 2.25. The van der Waals surface area contributed by atoms with Crippen molar-refractivity contribution in [2.75, 3.05) is 4.43 Å². The number of rotatable bonds is 2. The quantitative estimate of drug-likeness (QED) is 0.594. The standard InChI is InChI=1S/C14H20INO/c1-14(2,3)16-13(9-12(10-15)17-16)11-7-5-4-6-8-11/h4-8,12-13H,9-10H2,1-3H3/t12-,13+/m1/s1. The first-order valence-corrected chi connectivity index (χ1v) is 7.62. The van der Waals surface area contributed by atoms with Crippen molar-refractivity contribution in [1.82, 2.24) is 5.06 Å². The molecular weight excluding hydrogens is 325 g/mol. The highest BCUT2D eigenvalue weighted by Crippen LogP contribution is 2.39. The van der Waals surface area contributed by atoms with Gasteiger partial charge in [-0.2, -0.15) is 5.06 Å². The molecule has 0 unspecified atom stereocenters. The van der Waals surface area contributed by atoms with E-state index in [2.05, 4.69) is 78.8 Å². The zero-order valence-corrected chi connectivity index (χ0v) is 12.8. The summed E-state index contributed by atoms with van der Waals surface area (Å²) < 4.78 is 1.05. The van der Waals surface area contributed by atoms with E-state index in [1.165, 1.54) is 5.56 Å². The average Bonchev–Trinajstić information content (AvgIpc) is 2.74. The number of alkyl halides is 1. The fourth-order valence-electron chi connectivity index (χ4n) is 2.29. The summed E-state index contributed by atoms with van der Waals surface area (Å²) in [7, 11) is 0. The fraction of sp³-hybridized carbons (Fsp3) is 0.571. The van der Waals surface area contributed by atoms with Crippen molar-refractivity contribution in [3.8, 4) is 0 Å². The van der Waals surface area contributed by atoms with E-state index in [0.717, 1.165) is 10.8 Å². The summed E-state index contributed by atoms with van der Waals surface area (Å²) in [5.74, 6) is 0. The predicted octanol–water partition coefficient (Wildman–Crippen LogP) is 3.97. The number of hydroxylamine groups is 2. The maximum Gasteiger partial charge on any atom is 0.0902 e. The van der Waals surface area contributed by atoms with Gasteiger partial charge in [-0.15, -0.1) is 0 Å². The van der Waals surface area contributed by atoms with Crippen LogP contribution in [0.15, 0.2) is 30.3 Å². The Morgan fingerprint density at radius 3 is 2.47 bits per heavy atom. The van der Waals surface area contributed by atoms with Crippen molar-refractivity contribution in [2.24, 2.45) is 0 Å². The topological polar surface area (TPSA) is 12.5 Å². The molecule has 1 heterocycles. The number of benzene rings is 1. The molecule has 0 N–H and O–H groups in total. The summed E-state index contributed by atoms with van der Waals surface area (Å²) in [6.07, 6.45) is 1.43. The maximum absolute atomic E-state index is 6.07. The molecule has 0 bridgehead atoms. The monoisotopic (exact) mass is 345 g/mol. The lowest BCUT2D eigenvalue weighted by Crippen LogP contribution is -2.40. The van der Waals surface area contributed by atoms with Crippen molar-refractivity contribution in [2.45, 2.75) is 44.9 Å². The summed E-state index contributed by atoms with van der Waals surface area (Å²) in [5, 5.41) is 2.17. The van der Waals surface area contributed by atoms with Gasteiger partial charge in [-0.3, -0.25) is 4.84 Å². The summed E-state index contributed by atoms with van der Waals surface area (Å²) in [5.41, 5.74) is 1.40. The predicted molar refractivity (Wildman–Crippen MR) is 79.2 cm³/mol. The van der Waals surface area contributed by atoms with E-state index in [4.69, 9.17) is 4.84 Å². The Hall–Kier alpha value is -0.130. The molecule has 17 heavy (non-hydrogen) atoms. The van der Waals surface area contributed by atoms with E-state index in [1.807, 2.05) is 0 Å². The van der Waals surface area contributed by atoms with Gasteiger partial charge in [-0.05, 0) is 32.8 Å². The van der Waals surface area contributed by atoms with E-state index in [-0.39, 0.29) is 5.54 Å². The molecule has 0 aromatic heterocycles. The number of hydrogen-bond acceptors (Lipinski definition) is 2. The molecule has 0 spiro atoms. The maximum atomic E-state index is 6.07. The minimum Gasteiger partial charge on any atom is -0.294 e. The van der Waals surface area contributed by atoms with Crippen LogP contribution in [0, 0.1) is 0 Å². The highest BCUT2D eigenvalue weighted by molar-refractivity contribution is 14.1. The van der Waals surface area contributed by atoms with E-state index in [9.17, 15) is 0 Å². The normalized spacial score (nSPS) is 26.4.